The lowest BCUT2D eigenvalue weighted by atomic mass is 10.1. The van der Waals surface area contributed by atoms with E-state index in [1.54, 1.807) is 6.07 Å². The average molecular weight is 319 g/mol. The molecule has 4 nitrogen and oxygen atoms in total. The fraction of sp³-hybridized carbons (Fsp3) is 0.333. The fourth-order valence-electron chi connectivity index (χ4n) is 1.34. The van der Waals surface area contributed by atoms with E-state index in [0.29, 0.717) is 4.47 Å². The van der Waals surface area contributed by atoms with Gasteiger partial charge in [-0.15, -0.1) is 0 Å². The number of carbonyl (C=O) groups excluding carboxylic acids is 2. The van der Waals surface area contributed by atoms with Crippen LogP contribution in [-0.2, 0) is 19.1 Å². The van der Waals surface area contributed by atoms with Crippen molar-refractivity contribution in [1.29, 1.82) is 0 Å². The van der Waals surface area contributed by atoms with Crippen molar-refractivity contribution < 1.29 is 23.5 Å². The van der Waals surface area contributed by atoms with Gasteiger partial charge >= 0.3 is 11.9 Å². The van der Waals surface area contributed by atoms with Gasteiger partial charge in [0, 0.05) is 23.9 Å². The number of hydrogen-bond donors (Lipinski definition) is 0. The molecule has 0 fully saturated rings. The maximum absolute atomic E-state index is 13.7. The Morgan fingerprint density at radius 3 is 2.50 bits per heavy atom. The predicted molar refractivity (Wildman–Crippen MR) is 65.2 cm³/mol. The van der Waals surface area contributed by atoms with E-state index < -0.39 is 23.9 Å². The smallest absolute Gasteiger partial charge is 0.303 e. The van der Waals surface area contributed by atoms with Crippen molar-refractivity contribution in [2.45, 2.75) is 20.0 Å². The Morgan fingerprint density at radius 1 is 1.33 bits per heavy atom. The second-order valence-electron chi connectivity index (χ2n) is 3.57. The van der Waals surface area contributed by atoms with E-state index in [1.807, 2.05) is 0 Å². The molecule has 0 aliphatic heterocycles. The highest BCUT2D eigenvalue weighted by Crippen LogP contribution is 2.24. The highest BCUT2D eigenvalue weighted by molar-refractivity contribution is 9.10. The van der Waals surface area contributed by atoms with Crippen LogP contribution in [0.4, 0.5) is 4.39 Å². The summed E-state index contributed by atoms with van der Waals surface area (Å²) < 4.78 is 24.0. The summed E-state index contributed by atoms with van der Waals surface area (Å²) in [7, 11) is 0. The summed E-state index contributed by atoms with van der Waals surface area (Å²) in [6.07, 6.45) is -0.945. The number of esters is 2. The summed E-state index contributed by atoms with van der Waals surface area (Å²) in [5.41, 5.74) is 0.162. The molecule has 0 bridgehead atoms. The molecule has 0 unspecified atom stereocenters. The quantitative estimate of drug-likeness (QED) is 0.801. The number of ether oxygens (including phenoxy) is 2. The van der Waals surface area contributed by atoms with Crippen LogP contribution < -0.4 is 0 Å². The molecule has 0 saturated heterocycles. The molecule has 0 saturated carbocycles. The van der Waals surface area contributed by atoms with Gasteiger partial charge in [0.25, 0.3) is 0 Å². The van der Waals surface area contributed by atoms with Crippen molar-refractivity contribution >= 4 is 27.9 Å². The van der Waals surface area contributed by atoms with Gasteiger partial charge in [-0.05, 0) is 12.1 Å². The van der Waals surface area contributed by atoms with Crippen molar-refractivity contribution in [3.8, 4) is 0 Å². The van der Waals surface area contributed by atoms with Gasteiger partial charge in [-0.3, -0.25) is 9.59 Å². The zero-order chi connectivity index (χ0) is 13.7. The SMILES string of the molecule is CC(=O)OC[C@H](OC(C)=O)c1ccc(Br)cc1F. The Morgan fingerprint density at radius 2 is 2.00 bits per heavy atom. The van der Waals surface area contributed by atoms with Crippen LogP contribution in [0.2, 0.25) is 0 Å². The fourth-order valence-corrected chi connectivity index (χ4v) is 1.68. The average Bonchev–Trinajstić information content (AvgIpc) is 2.24. The molecule has 98 valence electrons. The summed E-state index contributed by atoms with van der Waals surface area (Å²) in [6, 6.07) is 4.33. The summed E-state index contributed by atoms with van der Waals surface area (Å²) in [5, 5.41) is 0. The lowest BCUT2D eigenvalue weighted by Crippen LogP contribution is -2.17. The second-order valence-corrected chi connectivity index (χ2v) is 4.48. The Kier molecular flexibility index (Phi) is 5.27. The van der Waals surface area contributed by atoms with E-state index in [4.69, 9.17) is 9.47 Å². The molecule has 1 atom stereocenters. The van der Waals surface area contributed by atoms with Gasteiger partial charge in [0.1, 0.15) is 12.4 Å². The monoisotopic (exact) mass is 318 g/mol. The Bertz CT molecular complexity index is 461. The molecule has 0 spiro atoms. The number of carbonyl (C=O) groups is 2. The Balaban J connectivity index is 2.93. The van der Waals surface area contributed by atoms with Crippen LogP contribution in [0.15, 0.2) is 22.7 Å². The van der Waals surface area contributed by atoms with Gasteiger partial charge in [-0.25, -0.2) is 4.39 Å². The van der Waals surface area contributed by atoms with Crippen LogP contribution in [0, 0.1) is 5.82 Å². The normalized spacial score (nSPS) is 11.8. The molecule has 1 rings (SSSR count). The van der Waals surface area contributed by atoms with Crippen molar-refractivity contribution in [3.05, 3.63) is 34.1 Å². The summed E-state index contributed by atoms with van der Waals surface area (Å²) in [5.74, 6) is -1.64. The largest absolute Gasteiger partial charge is 0.462 e. The van der Waals surface area contributed by atoms with Gasteiger partial charge in [-0.2, -0.15) is 0 Å². The predicted octanol–water partition coefficient (Wildman–Crippen LogP) is 2.76. The van der Waals surface area contributed by atoms with E-state index in [9.17, 15) is 14.0 Å². The van der Waals surface area contributed by atoms with Crippen molar-refractivity contribution in [2.75, 3.05) is 6.61 Å². The molecule has 0 heterocycles. The van der Waals surface area contributed by atoms with E-state index in [0.717, 1.165) is 0 Å². The number of benzene rings is 1. The molecule has 0 aliphatic carbocycles. The first-order chi connectivity index (χ1) is 8.40. The maximum atomic E-state index is 13.7. The highest BCUT2D eigenvalue weighted by atomic mass is 79.9. The molecule has 0 N–H and O–H groups in total. The lowest BCUT2D eigenvalue weighted by Gasteiger charge is -2.17. The Hall–Kier alpha value is -1.43. The molecule has 1 aromatic carbocycles. The van der Waals surface area contributed by atoms with Crippen molar-refractivity contribution in [3.63, 3.8) is 0 Å². The van der Waals surface area contributed by atoms with Gasteiger partial charge < -0.3 is 9.47 Å². The molecule has 0 radical (unpaired) electrons. The topological polar surface area (TPSA) is 52.6 Å². The molecule has 0 aromatic heterocycles. The Labute approximate surface area is 112 Å². The molecule has 1 aromatic rings. The van der Waals surface area contributed by atoms with Crippen LogP contribution in [-0.4, -0.2) is 18.5 Å². The minimum absolute atomic E-state index is 0.162. The van der Waals surface area contributed by atoms with Gasteiger partial charge in [0.05, 0.1) is 0 Å². The molecule has 0 amide bonds. The van der Waals surface area contributed by atoms with Crippen LogP contribution >= 0.6 is 15.9 Å². The third-order valence-corrected chi connectivity index (χ3v) is 2.55. The van der Waals surface area contributed by atoms with E-state index in [2.05, 4.69) is 15.9 Å². The summed E-state index contributed by atoms with van der Waals surface area (Å²) in [6.45, 7) is 2.22. The maximum Gasteiger partial charge on any atom is 0.303 e. The molecular formula is C12H12BrFO4. The number of halogens is 2. The van der Waals surface area contributed by atoms with Crippen LogP contribution in [0.3, 0.4) is 0 Å². The number of rotatable bonds is 4. The van der Waals surface area contributed by atoms with Crippen LogP contribution in [0.25, 0.3) is 0 Å². The van der Waals surface area contributed by atoms with Crippen LogP contribution in [0.1, 0.15) is 25.5 Å². The molecular weight excluding hydrogens is 307 g/mol. The van der Waals surface area contributed by atoms with Crippen LogP contribution in [0.5, 0.6) is 0 Å². The number of hydrogen-bond acceptors (Lipinski definition) is 4. The van der Waals surface area contributed by atoms with E-state index in [-0.39, 0.29) is 12.2 Å². The van der Waals surface area contributed by atoms with E-state index in [1.165, 1.54) is 26.0 Å². The van der Waals surface area contributed by atoms with Crippen molar-refractivity contribution in [2.24, 2.45) is 0 Å². The second kappa shape index (κ2) is 6.49. The van der Waals surface area contributed by atoms with Gasteiger partial charge in [0.2, 0.25) is 0 Å². The standard InChI is InChI=1S/C12H12BrFO4/c1-7(15)17-6-12(18-8(2)16)10-4-3-9(13)5-11(10)14/h3-5,12H,6H2,1-2H3/t12-/m0/s1. The summed E-state index contributed by atoms with van der Waals surface area (Å²) >= 11 is 3.13. The van der Waals surface area contributed by atoms with E-state index >= 15 is 0 Å². The minimum atomic E-state index is -0.945. The van der Waals surface area contributed by atoms with Gasteiger partial charge in [0.15, 0.2) is 6.10 Å². The zero-order valence-electron chi connectivity index (χ0n) is 9.91. The first kappa shape index (κ1) is 14.6. The molecule has 18 heavy (non-hydrogen) atoms. The minimum Gasteiger partial charge on any atom is -0.462 e. The molecule has 6 heteroatoms. The van der Waals surface area contributed by atoms with Crippen molar-refractivity contribution in [1.82, 2.24) is 0 Å². The summed E-state index contributed by atoms with van der Waals surface area (Å²) in [4.78, 5) is 21.7. The first-order valence-electron chi connectivity index (χ1n) is 5.15. The lowest BCUT2D eigenvalue weighted by molar-refractivity contribution is -0.156. The third kappa shape index (κ3) is 4.44. The van der Waals surface area contributed by atoms with Gasteiger partial charge in [-0.1, -0.05) is 22.0 Å². The third-order valence-electron chi connectivity index (χ3n) is 2.06. The molecule has 0 aliphatic rings. The first-order valence-corrected chi connectivity index (χ1v) is 5.95. The zero-order valence-corrected chi connectivity index (χ0v) is 11.5. The highest BCUT2D eigenvalue weighted by Gasteiger charge is 2.20.